The molecule has 1 aromatic carbocycles. The molecule has 2 unspecified atom stereocenters. The average Bonchev–Trinajstić information content (AvgIpc) is 2.81. The number of nitriles is 1. The number of ether oxygens (including phenoxy) is 2. The molecule has 0 radical (unpaired) electrons. The van der Waals surface area contributed by atoms with Crippen LogP contribution in [0.15, 0.2) is 18.2 Å². The Labute approximate surface area is 108 Å². The van der Waals surface area contributed by atoms with Crippen LogP contribution in [-0.2, 0) is 11.3 Å². The molecule has 2 rings (SSSR count). The summed E-state index contributed by atoms with van der Waals surface area (Å²) >= 11 is 0. The van der Waals surface area contributed by atoms with Gasteiger partial charge < -0.3 is 14.8 Å². The van der Waals surface area contributed by atoms with Gasteiger partial charge in [0.2, 0.25) is 0 Å². The minimum absolute atomic E-state index is 0.269. The molecule has 1 aliphatic heterocycles. The van der Waals surface area contributed by atoms with E-state index in [1.54, 1.807) is 13.2 Å². The van der Waals surface area contributed by atoms with Crippen LogP contribution in [0.5, 0.6) is 5.75 Å². The molecule has 96 valence electrons. The van der Waals surface area contributed by atoms with Gasteiger partial charge in [0.15, 0.2) is 0 Å². The van der Waals surface area contributed by atoms with Gasteiger partial charge in [0.05, 0.1) is 18.8 Å². The number of hydrogen-bond acceptors (Lipinski definition) is 4. The van der Waals surface area contributed by atoms with Crippen molar-refractivity contribution in [2.75, 3.05) is 13.7 Å². The predicted octanol–water partition coefficient (Wildman–Crippen LogP) is 1.83. The zero-order valence-electron chi connectivity index (χ0n) is 10.8. The Hall–Kier alpha value is -1.57. The molecule has 2 atom stereocenters. The van der Waals surface area contributed by atoms with Crippen molar-refractivity contribution in [1.29, 1.82) is 5.26 Å². The van der Waals surface area contributed by atoms with Gasteiger partial charge in [0.1, 0.15) is 11.8 Å². The molecule has 0 spiro atoms. The highest BCUT2D eigenvalue weighted by Crippen LogP contribution is 2.20. The van der Waals surface area contributed by atoms with E-state index >= 15 is 0 Å². The van der Waals surface area contributed by atoms with Gasteiger partial charge in [-0.2, -0.15) is 5.26 Å². The highest BCUT2D eigenvalue weighted by atomic mass is 16.5. The highest BCUT2D eigenvalue weighted by Gasteiger charge is 2.23. The van der Waals surface area contributed by atoms with E-state index in [1.165, 1.54) is 0 Å². The Bertz CT molecular complexity index is 454. The minimum Gasteiger partial charge on any atom is -0.495 e. The molecule has 1 N–H and O–H groups in total. The van der Waals surface area contributed by atoms with E-state index in [2.05, 4.69) is 18.3 Å². The fraction of sp³-hybridized carbons (Fsp3) is 0.500. The molecule has 4 heteroatoms. The Balaban J connectivity index is 1.99. The van der Waals surface area contributed by atoms with E-state index in [0.29, 0.717) is 17.4 Å². The lowest BCUT2D eigenvalue weighted by Gasteiger charge is -2.16. The molecule has 1 saturated heterocycles. The number of hydrogen-bond donors (Lipinski definition) is 1. The normalized spacial score (nSPS) is 22.7. The second-order valence-electron chi connectivity index (χ2n) is 4.50. The maximum Gasteiger partial charge on any atom is 0.136 e. The Morgan fingerprint density at radius 1 is 1.56 bits per heavy atom. The molecule has 0 amide bonds. The monoisotopic (exact) mass is 246 g/mol. The van der Waals surface area contributed by atoms with Crippen LogP contribution in [0.4, 0.5) is 0 Å². The summed E-state index contributed by atoms with van der Waals surface area (Å²) in [6, 6.07) is 8.18. The fourth-order valence-electron chi connectivity index (χ4n) is 2.19. The molecule has 1 heterocycles. The van der Waals surface area contributed by atoms with Gasteiger partial charge in [0, 0.05) is 19.2 Å². The Morgan fingerprint density at radius 3 is 3.00 bits per heavy atom. The largest absolute Gasteiger partial charge is 0.495 e. The second kappa shape index (κ2) is 5.85. The van der Waals surface area contributed by atoms with Gasteiger partial charge in [-0.25, -0.2) is 0 Å². The molecular formula is C14H18N2O2. The molecule has 0 aliphatic carbocycles. The van der Waals surface area contributed by atoms with E-state index in [9.17, 15) is 0 Å². The van der Waals surface area contributed by atoms with Crippen LogP contribution < -0.4 is 10.1 Å². The van der Waals surface area contributed by atoms with Crippen LogP contribution in [0, 0.1) is 11.3 Å². The first kappa shape index (κ1) is 12.9. The molecule has 4 nitrogen and oxygen atoms in total. The van der Waals surface area contributed by atoms with Crippen LogP contribution in [0.2, 0.25) is 0 Å². The van der Waals surface area contributed by atoms with E-state index in [0.717, 1.165) is 25.1 Å². The molecule has 1 aromatic rings. The molecule has 0 saturated carbocycles. The summed E-state index contributed by atoms with van der Waals surface area (Å²) in [5, 5.41) is 12.4. The van der Waals surface area contributed by atoms with E-state index in [1.807, 2.05) is 12.1 Å². The SMILES string of the molecule is COc1cc(CNC2CCOC2C)ccc1C#N. The summed E-state index contributed by atoms with van der Waals surface area (Å²) in [7, 11) is 1.58. The van der Waals surface area contributed by atoms with Crippen molar-refractivity contribution in [3.8, 4) is 11.8 Å². The van der Waals surface area contributed by atoms with E-state index in [4.69, 9.17) is 14.7 Å². The lowest BCUT2D eigenvalue weighted by Crippen LogP contribution is -2.34. The molecule has 18 heavy (non-hydrogen) atoms. The summed E-state index contributed by atoms with van der Waals surface area (Å²) in [6.07, 6.45) is 1.32. The molecule has 0 aromatic heterocycles. The lowest BCUT2D eigenvalue weighted by atomic mass is 10.1. The van der Waals surface area contributed by atoms with Crippen molar-refractivity contribution in [2.24, 2.45) is 0 Å². The first-order valence-electron chi connectivity index (χ1n) is 6.16. The smallest absolute Gasteiger partial charge is 0.136 e. The van der Waals surface area contributed by atoms with Crippen LogP contribution >= 0.6 is 0 Å². The van der Waals surface area contributed by atoms with Gasteiger partial charge in [-0.3, -0.25) is 0 Å². The number of nitrogens with one attached hydrogen (secondary N) is 1. The number of methoxy groups -OCH3 is 1. The first-order chi connectivity index (χ1) is 8.74. The molecule has 1 aliphatic rings. The van der Waals surface area contributed by atoms with Crippen molar-refractivity contribution in [3.05, 3.63) is 29.3 Å². The molecule has 1 fully saturated rings. The third kappa shape index (κ3) is 2.81. The van der Waals surface area contributed by atoms with Gasteiger partial charge in [-0.15, -0.1) is 0 Å². The van der Waals surface area contributed by atoms with Gasteiger partial charge >= 0.3 is 0 Å². The van der Waals surface area contributed by atoms with Crippen LogP contribution in [0.25, 0.3) is 0 Å². The van der Waals surface area contributed by atoms with Crippen LogP contribution in [0.1, 0.15) is 24.5 Å². The number of nitrogens with zero attached hydrogens (tertiary/aromatic N) is 1. The van der Waals surface area contributed by atoms with Crippen molar-refractivity contribution >= 4 is 0 Å². The topological polar surface area (TPSA) is 54.3 Å². The average molecular weight is 246 g/mol. The minimum atomic E-state index is 0.269. The predicted molar refractivity (Wildman–Crippen MR) is 68.4 cm³/mol. The van der Waals surface area contributed by atoms with Gasteiger partial charge in [0.25, 0.3) is 0 Å². The number of rotatable bonds is 4. The highest BCUT2D eigenvalue weighted by molar-refractivity contribution is 5.45. The quantitative estimate of drug-likeness (QED) is 0.880. The van der Waals surface area contributed by atoms with Crippen molar-refractivity contribution in [2.45, 2.75) is 32.0 Å². The Morgan fingerprint density at radius 2 is 2.39 bits per heavy atom. The first-order valence-corrected chi connectivity index (χ1v) is 6.16. The number of benzene rings is 1. The van der Waals surface area contributed by atoms with E-state index < -0.39 is 0 Å². The lowest BCUT2D eigenvalue weighted by molar-refractivity contribution is 0.113. The van der Waals surface area contributed by atoms with E-state index in [-0.39, 0.29) is 6.10 Å². The van der Waals surface area contributed by atoms with Crippen molar-refractivity contribution in [1.82, 2.24) is 5.32 Å². The summed E-state index contributed by atoms with van der Waals surface area (Å²) in [5.41, 5.74) is 1.68. The third-order valence-corrected chi connectivity index (χ3v) is 3.33. The third-order valence-electron chi connectivity index (χ3n) is 3.33. The standard InChI is InChI=1S/C14H18N2O2/c1-10-13(5-6-18-10)16-9-11-3-4-12(8-15)14(7-11)17-2/h3-4,7,10,13,16H,5-6,9H2,1-2H3. The summed E-state index contributed by atoms with van der Waals surface area (Å²) < 4.78 is 10.7. The zero-order valence-corrected chi connectivity index (χ0v) is 10.8. The van der Waals surface area contributed by atoms with Crippen molar-refractivity contribution < 1.29 is 9.47 Å². The van der Waals surface area contributed by atoms with Gasteiger partial charge in [-0.05, 0) is 31.0 Å². The maximum atomic E-state index is 8.92. The zero-order chi connectivity index (χ0) is 13.0. The summed E-state index contributed by atoms with van der Waals surface area (Å²) in [5.74, 6) is 0.632. The van der Waals surface area contributed by atoms with Crippen LogP contribution in [-0.4, -0.2) is 25.9 Å². The van der Waals surface area contributed by atoms with Gasteiger partial charge in [-0.1, -0.05) is 6.07 Å². The van der Waals surface area contributed by atoms with Crippen LogP contribution in [0.3, 0.4) is 0 Å². The maximum absolute atomic E-state index is 8.92. The molecule has 0 bridgehead atoms. The summed E-state index contributed by atoms with van der Waals surface area (Å²) in [6.45, 7) is 3.68. The summed E-state index contributed by atoms with van der Waals surface area (Å²) in [4.78, 5) is 0. The molecular weight excluding hydrogens is 228 g/mol. The second-order valence-corrected chi connectivity index (χ2v) is 4.50. The Kier molecular flexibility index (Phi) is 4.19. The van der Waals surface area contributed by atoms with Crippen molar-refractivity contribution in [3.63, 3.8) is 0 Å². The fourth-order valence-corrected chi connectivity index (χ4v) is 2.19.